The molecule has 0 N–H and O–H groups in total. The molecule has 0 aromatic carbocycles. The number of carbonyl (C=O) groups excluding carboxylic acids is 2. The van der Waals surface area contributed by atoms with Gasteiger partial charge in [-0.25, -0.2) is 0 Å². The summed E-state index contributed by atoms with van der Waals surface area (Å²) in [5, 5.41) is 0. The Morgan fingerprint density at radius 1 is 0.316 bits per heavy atom. The third-order valence-corrected chi connectivity index (χ3v) is 15.2. The number of ether oxygens (including phenoxy) is 2. The van der Waals surface area contributed by atoms with Crippen molar-refractivity contribution in [2.75, 3.05) is 47.5 Å². The molecule has 0 aromatic rings. The first-order valence-electron chi connectivity index (χ1n) is 37.0. The summed E-state index contributed by atoms with van der Waals surface area (Å²) < 4.78 is 34.2. The standard InChI is InChI=1S/C88H132NO8P/c1-6-8-10-12-14-16-18-20-22-24-26-28-30-32-34-36-38-40-42-44-46-48-50-52-54-56-58-60-62-64-66-68-70-72-74-76-78-80-87(90)94-84-86(85-96-98(92,93)95-83-82-89(3,4)5)97-88(91)81-79-77-75-73-71-69-67-65-63-61-59-57-55-53-51-49-47-45-43-41-39-37-35-33-31-29-27-25-23-21-19-17-15-13-11-9-7-2/h8-11,14-17,20-23,26-29,32-35,38-41,44-47,50-53,56-59,62-65,68-71,86H,6-7,12-13,18-19,24-25,30-31,36-37,42-43,48-49,54-55,60-61,66-67,72-85H2,1-5H3/b10-8-,11-9-,16-14-,17-15-,22-20-,23-21-,28-26-,29-27-,34-32-,35-33-,40-38-,41-39-,46-44-,47-45-,52-50-,53-51-,58-56-,59-57-,64-62-,65-63-,70-68-,71-69-. The third-order valence-electron chi connectivity index (χ3n) is 14.2. The molecule has 0 aliphatic heterocycles. The molecule has 0 saturated carbocycles. The molecule has 10 heteroatoms. The number of quaternary nitrogens is 1. The number of phosphoric acid groups is 1. The smallest absolute Gasteiger partial charge is 0.306 e. The van der Waals surface area contributed by atoms with Crippen molar-refractivity contribution in [3.8, 4) is 0 Å². The van der Waals surface area contributed by atoms with Crippen LogP contribution in [0.15, 0.2) is 267 Å². The first kappa shape index (κ1) is 91.3. The molecule has 542 valence electrons. The predicted molar refractivity (Wildman–Crippen MR) is 423 cm³/mol. The highest BCUT2D eigenvalue weighted by Crippen LogP contribution is 2.38. The van der Waals surface area contributed by atoms with Crippen LogP contribution in [0.25, 0.3) is 0 Å². The van der Waals surface area contributed by atoms with Crippen LogP contribution in [-0.4, -0.2) is 70.0 Å². The number of allylic oxidation sites excluding steroid dienone is 44. The normalized spacial score (nSPS) is 14.6. The van der Waals surface area contributed by atoms with E-state index in [9.17, 15) is 19.0 Å². The van der Waals surface area contributed by atoms with Gasteiger partial charge < -0.3 is 27.9 Å². The molecule has 0 aliphatic rings. The first-order valence-corrected chi connectivity index (χ1v) is 38.5. The van der Waals surface area contributed by atoms with Crippen LogP contribution in [0.2, 0.25) is 0 Å². The van der Waals surface area contributed by atoms with Gasteiger partial charge >= 0.3 is 11.9 Å². The van der Waals surface area contributed by atoms with Crippen LogP contribution in [0.5, 0.6) is 0 Å². The average Bonchev–Trinajstić information content (AvgIpc) is 1.14. The molecule has 0 aromatic heterocycles. The fourth-order valence-corrected chi connectivity index (χ4v) is 9.39. The predicted octanol–water partition coefficient (Wildman–Crippen LogP) is 24.4. The molecule has 0 amide bonds. The van der Waals surface area contributed by atoms with Gasteiger partial charge in [0.1, 0.15) is 19.8 Å². The quantitative estimate of drug-likeness (QED) is 0.0195. The summed E-state index contributed by atoms with van der Waals surface area (Å²) in [6, 6.07) is 0. The SMILES string of the molecule is CC/C=C\C/C=C\C/C=C\C/C=C\C/C=C\C/C=C\C/C=C\C/C=C\C/C=C\C/C=C\C/C=C\CCCCCC(=O)OCC(COP(=O)([O-])OCC[N+](C)(C)C)OC(=O)CCCCC/C=C\C/C=C\C/C=C\C/C=C\C/C=C\C/C=C\C/C=C\C/C=C\C/C=C\C/C=C\C/C=C\CC. The van der Waals surface area contributed by atoms with E-state index in [0.717, 1.165) is 180 Å². The van der Waals surface area contributed by atoms with Crippen LogP contribution in [-0.2, 0) is 32.7 Å². The van der Waals surface area contributed by atoms with Crippen molar-refractivity contribution in [2.45, 2.75) is 225 Å². The maximum absolute atomic E-state index is 12.9. The lowest BCUT2D eigenvalue weighted by molar-refractivity contribution is -0.870. The number of hydrogen-bond donors (Lipinski definition) is 0. The Hall–Kier alpha value is -6.71. The summed E-state index contributed by atoms with van der Waals surface area (Å²) in [7, 11) is 1.08. The first-order chi connectivity index (χ1) is 48.0. The molecule has 0 heterocycles. The monoisotopic (exact) mass is 1360 g/mol. The highest BCUT2D eigenvalue weighted by Gasteiger charge is 2.22. The zero-order chi connectivity index (χ0) is 71.1. The van der Waals surface area contributed by atoms with Crippen molar-refractivity contribution in [2.24, 2.45) is 0 Å². The second-order valence-corrected chi connectivity index (χ2v) is 25.9. The molecule has 0 rings (SSSR count). The van der Waals surface area contributed by atoms with Gasteiger partial charge in [0.05, 0.1) is 27.7 Å². The minimum absolute atomic E-state index is 0.0595. The minimum atomic E-state index is -4.68. The van der Waals surface area contributed by atoms with Crippen LogP contribution in [0, 0.1) is 0 Å². The number of rotatable bonds is 64. The van der Waals surface area contributed by atoms with Crippen molar-refractivity contribution < 1.29 is 42.1 Å². The average molecular weight is 1360 g/mol. The van der Waals surface area contributed by atoms with Gasteiger partial charge in [-0.15, -0.1) is 0 Å². The molecule has 98 heavy (non-hydrogen) atoms. The Morgan fingerprint density at radius 2 is 0.551 bits per heavy atom. The second kappa shape index (κ2) is 74.5. The van der Waals surface area contributed by atoms with E-state index < -0.39 is 32.5 Å². The maximum atomic E-state index is 12.9. The molecule has 0 aliphatic carbocycles. The summed E-state index contributed by atoms with van der Waals surface area (Å²) in [5.74, 6) is -0.936. The van der Waals surface area contributed by atoms with E-state index in [0.29, 0.717) is 23.9 Å². The largest absolute Gasteiger partial charge is 0.756 e. The van der Waals surface area contributed by atoms with Gasteiger partial charge in [-0.05, 0) is 180 Å². The third kappa shape index (κ3) is 78.3. The number of hydrogen-bond acceptors (Lipinski definition) is 8. The van der Waals surface area contributed by atoms with E-state index in [1.165, 1.54) is 0 Å². The Bertz CT molecular complexity index is 2660. The van der Waals surface area contributed by atoms with Crippen LogP contribution in [0.1, 0.15) is 219 Å². The summed E-state index contributed by atoms with van der Waals surface area (Å²) in [4.78, 5) is 38.1. The number of nitrogens with zero attached hydrogens (tertiary/aromatic N) is 1. The number of phosphoric ester groups is 1. The van der Waals surface area contributed by atoms with Crippen molar-refractivity contribution in [3.63, 3.8) is 0 Å². The number of likely N-dealkylation sites (N-methyl/N-ethyl adjacent to an activating group) is 1. The number of carbonyl (C=O) groups is 2. The Morgan fingerprint density at radius 3 is 0.796 bits per heavy atom. The molecule has 9 nitrogen and oxygen atoms in total. The minimum Gasteiger partial charge on any atom is -0.756 e. The van der Waals surface area contributed by atoms with Crippen molar-refractivity contribution in [1.82, 2.24) is 0 Å². The van der Waals surface area contributed by atoms with Gasteiger partial charge in [0.15, 0.2) is 6.10 Å². The zero-order valence-corrected chi connectivity index (χ0v) is 62.5. The van der Waals surface area contributed by atoms with Gasteiger partial charge in [-0.3, -0.25) is 14.2 Å². The van der Waals surface area contributed by atoms with Crippen LogP contribution < -0.4 is 4.89 Å². The molecule has 0 saturated heterocycles. The van der Waals surface area contributed by atoms with Crippen LogP contribution in [0.3, 0.4) is 0 Å². The van der Waals surface area contributed by atoms with E-state index in [1.54, 1.807) is 0 Å². The second-order valence-electron chi connectivity index (χ2n) is 24.5. The molecule has 0 radical (unpaired) electrons. The van der Waals surface area contributed by atoms with Gasteiger partial charge in [0, 0.05) is 12.8 Å². The fraction of sp³-hybridized carbons (Fsp3) is 0.477. The number of unbranched alkanes of at least 4 members (excludes halogenated alkanes) is 6. The summed E-state index contributed by atoms with van der Waals surface area (Å²) in [5.41, 5.74) is 0. The zero-order valence-electron chi connectivity index (χ0n) is 61.6. The summed E-state index contributed by atoms with van der Waals surface area (Å²) in [6.07, 6.45) is 125. The molecular formula is C88H132NO8P. The van der Waals surface area contributed by atoms with Crippen molar-refractivity contribution >= 4 is 19.8 Å². The molecule has 2 atom stereocenters. The van der Waals surface area contributed by atoms with Gasteiger partial charge in [-0.1, -0.05) is 294 Å². The van der Waals surface area contributed by atoms with Crippen LogP contribution in [0.4, 0.5) is 0 Å². The van der Waals surface area contributed by atoms with E-state index in [2.05, 4.69) is 281 Å². The van der Waals surface area contributed by atoms with Crippen molar-refractivity contribution in [1.29, 1.82) is 0 Å². The Kier molecular flexibility index (Phi) is 69.4. The maximum Gasteiger partial charge on any atom is 0.306 e. The van der Waals surface area contributed by atoms with E-state index >= 15 is 0 Å². The van der Waals surface area contributed by atoms with E-state index in [1.807, 2.05) is 21.1 Å². The van der Waals surface area contributed by atoms with Crippen molar-refractivity contribution in [3.05, 3.63) is 267 Å². The molecule has 0 bridgehead atoms. The fourth-order valence-electron chi connectivity index (χ4n) is 8.66. The highest BCUT2D eigenvalue weighted by molar-refractivity contribution is 7.45. The Balaban J connectivity index is 4.29. The lowest BCUT2D eigenvalue weighted by Gasteiger charge is -2.28. The molecular weight excluding hydrogens is 1230 g/mol. The van der Waals surface area contributed by atoms with Gasteiger partial charge in [0.2, 0.25) is 0 Å². The summed E-state index contributed by atoms with van der Waals surface area (Å²) in [6.45, 7) is 3.89. The topological polar surface area (TPSA) is 111 Å². The van der Waals surface area contributed by atoms with Gasteiger partial charge in [0.25, 0.3) is 7.82 Å². The Labute approximate surface area is 598 Å². The van der Waals surface area contributed by atoms with E-state index in [4.69, 9.17) is 18.5 Å². The molecule has 0 fully saturated rings. The lowest BCUT2D eigenvalue weighted by atomic mass is 10.1. The summed E-state index contributed by atoms with van der Waals surface area (Å²) >= 11 is 0. The van der Waals surface area contributed by atoms with Crippen LogP contribution >= 0.6 is 7.82 Å². The van der Waals surface area contributed by atoms with E-state index in [-0.39, 0.29) is 26.1 Å². The lowest BCUT2D eigenvalue weighted by Crippen LogP contribution is -2.37. The number of esters is 2. The molecule has 2 unspecified atom stereocenters. The highest BCUT2D eigenvalue weighted by atomic mass is 31.2. The van der Waals surface area contributed by atoms with Gasteiger partial charge in [-0.2, -0.15) is 0 Å². The molecule has 0 spiro atoms.